The molecule has 0 saturated carbocycles. The molecular formula is C17H14FN3O. The number of rotatable bonds is 3. The summed E-state index contributed by atoms with van der Waals surface area (Å²) in [5.74, 6) is -0.329. The van der Waals surface area contributed by atoms with E-state index < -0.39 is 12.1 Å². The Balaban J connectivity index is 2.13. The number of aliphatic hydroxyl groups excluding tert-OH is 1. The molecule has 2 aromatic rings. The van der Waals surface area contributed by atoms with Gasteiger partial charge in [0, 0.05) is 4.91 Å². The summed E-state index contributed by atoms with van der Waals surface area (Å²) in [4.78, 5) is 2.82. The number of halogens is 1. The van der Waals surface area contributed by atoms with Crippen molar-refractivity contribution in [2.24, 2.45) is 5.11 Å². The van der Waals surface area contributed by atoms with Gasteiger partial charge in [-0.15, -0.1) is 0 Å². The minimum absolute atomic E-state index is 0.329. The van der Waals surface area contributed by atoms with Crippen molar-refractivity contribution < 1.29 is 9.50 Å². The lowest BCUT2D eigenvalue weighted by atomic mass is 9.96. The molecule has 0 amide bonds. The Morgan fingerprint density at radius 1 is 1.05 bits per heavy atom. The van der Waals surface area contributed by atoms with Gasteiger partial charge in [-0.1, -0.05) is 47.6 Å². The van der Waals surface area contributed by atoms with Crippen LogP contribution in [-0.2, 0) is 0 Å². The van der Waals surface area contributed by atoms with E-state index in [4.69, 9.17) is 5.53 Å². The van der Waals surface area contributed by atoms with Gasteiger partial charge in [-0.3, -0.25) is 0 Å². The molecule has 0 fully saturated rings. The highest BCUT2D eigenvalue weighted by Crippen LogP contribution is 2.41. The van der Waals surface area contributed by atoms with Crippen LogP contribution in [0.2, 0.25) is 0 Å². The van der Waals surface area contributed by atoms with E-state index in [9.17, 15) is 9.50 Å². The van der Waals surface area contributed by atoms with Crippen molar-refractivity contribution in [3.8, 4) is 0 Å². The van der Waals surface area contributed by atoms with E-state index in [-0.39, 0.29) is 5.82 Å². The summed E-state index contributed by atoms with van der Waals surface area (Å²) >= 11 is 0. The van der Waals surface area contributed by atoms with Crippen molar-refractivity contribution in [1.29, 1.82) is 0 Å². The van der Waals surface area contributed by atoms with E-state index in [2.05, 4.69) is 10.0 Å². The summed E-state index contributed by atoms with van der Waals surface area (Å²) < 4.78 is 13.1. The molecule has 0 spiro atoms. The van der Waals surface area contributed by atoms with E-state index in [0.29, 0.717) is 12.0 Å². The Labute approximate surface area is 127 Å². The highest BCUT2D eigenvalue weighted by atomic mass is 19.1. The van der Waals surface area contributed by atoms with Crippen LogP contribution in [0.4, 0.5) is 4.39 Å². The number of aliphatic hydroxyl groups is 1. The van der Waals surface area contributed by atoms with Crippen molar-refractivity contribution >= 4 is 11.1 Å². The van der Waals surface area contributed by atoms with Crippen LogP contribution in [-0.4, -0.2) is 17.3 Å². The smallest absolute Gasteiger partial charge is 0.123 e. The van der Waals surface area contributed by atoms with Gasteiger partial charge in [0.25, 0.3) is 0 Å². The average Bonchev–Trinajstić information content (AvgIpc) is 2.87. The zero-order chi connectivity index (χ0) is 15.5. The Hall–Kier alpha value is -2.62. The lowest BCUT2D eigenvalue weighted by molar-refractivity contribution is 0.210. The molecule has 0 aliphatic heterocycles. The molecule has 1 N–H and O–H groups in total. The number of hydrogen-bond donors (Lipinski definition) is 1. The number of hydrogen-bond acceptors (Lipinski definition) is 2. The van der Waals surface area contributed by atoms with Crippen LogP contribution in [0.25, 0.3) is 21.6 Å². The summed E-state index contributed by atoms with van der Waals surface area (Å²) in [6.07, 6.45) is -0.432. The Bertz CT molecular complexity index is 749. The first-order chi connectivity index (χ1) is 10.7. The van der Waals surface area contributed by atoms with E-state index >= 15 is 0 Å². The summed E-state index contributed by atoms with van der Waals surface area (Å²) in [6.45, 7) is 0. The Morgan fingerprint density at radius 2 is 1.73 bits per heavy atom. The Kier molecular flexibility index (Phi) is 3.92. The second-order valence-corrected chi connectivity index (χ2v) is 5.19. The molecule has 110 valence electrons. The topological polar surface area (TPSA) is 69.0 Å². The third kappa shape index (κ3) is 2.60. The van der Waals surface area contributed by atoms with Crippen molar-refractivity contribution in [2.75, 3.05) is 0 Å². The van der Waals surface area contributed by atoms with E-state index in [1.54, 1.807) is 12.1 Å². The standard InChI is InChI=1S/C17H14FN3O/c18-13-8-6-12(7-9-13)16-14(11-4-2-1-3-5-11)10-15(17(16)22)20-21-19/h1-9,15,17,22H,10H2/t15-,17+/m0/s1. The van der Waals surface area contributed by atoms with Crippen LogP contribution >= 0.6 is 0 Å². The minimum Gasteiger partial charge on any atom is -0.388 e. The first-order valence-electron chi connectivity index (χ1n) is 6.97. The van der Waals surface area contributed by atoms with Crippen LogP contribution in [0.1, 0.15) is 17.5 Å². The molecule has 5 heteroatoms. The molecule has 0 saturated heterocycles. The molecule has 1 aliphatic carbocycles. The third-order valence-corrected chi connectivity index (χ3v) is 3.88. The molecule has 0 bridgehead atoms. The van der Waals surface area contributed by atoms with Crippen LogP contribution in [0.3, 0.4) is 0 Å². The van der Waals surface area contributed by atoms with Crippen molar-refractivity contribution in [2.45, 2.75) is 18.6 Å². The fourth-order valence-corrected chi connectivity index (χ4v) is 2.86. The quantitative estimate of drug-likeness (QED) is 0.515. The van der Waals surface area contributed by atoms with E-state index in [0.717, 1.165) is 16.7 Å². The van der Waals surface area contributed by atoms with Crippen molar-refractivity contribution in [3.05, 3.63) is 82.0 Å². The van der Waals surface area contributed by atoms with Crippen LogP contribution in [0.15, 0.2) is 59.7 Å². The normalized spacial score (nSPS) is 20.8. The van der Waals surface area contributed by atoms with Gasteiger partial charge < -0.3 is 5.11 Å². The zero-order valence-corrected chi connectivity index (χ0v) is 11.7. The predicted octanol–water partition coefficient (Wildman–Crippen LogP) is 4.18. The third-order valence-electron chi connectivity index (χ3n) is 3.88. The van der Waals surface area contributed by atoms with Gasteiger partial charge in [0.05, 0.1) is 12.1 Å². The molecule has 4 nitrogen and oxygen atoms in total. The SMILES string of the molecule is [N-]=[N+]=N[C@H]1CC(c2ccccc2)=C(c2ccc(F)cc2)[C@@H]1O. The molecule has 0 radical (unpaired) electrons. The van der Waals surface area contributed by atoms with E-state index in [1.807, 2.05) is 30.3 Å². The molecule has 2 aromatic carbocycles. The van der Waals surface area contributed by atoms with Gasteiger partial charge in [-0.05, 0) is 46.4 Å². The fourth-order valence-electron chi connectivity index (χ4n) is 2.86. The first kappa shape index (κ1) is 14.3. The highest BCUT2D eigenvalue weighted by Gasteiger charge is 2.34. The summed E-state index contributed by atoms with van der Waals surface area (Å²) in [5.41, 5.74) is 12.0. The Morgan fingerprint density at radius 3 is 2.36 bits per heavy atom. The van der Waals surface area contributed by atoms with Crippen LogP contribution in [0.5, 0.6) is 0 Å². The molecule has 3 rings (SSSR count). The van der Waals surface area contributed by atoms with Gasteiger partial charge >= 0.3 is 0 Å². The molecule has 0 heterocycles. The second-order valence-electron chi connectivity index (χ2n) is 5.19. The van der Waals surface area contributed by atoms with Gasteiger partial charge in [0.2, 0.25) is 0 Å². The molecule has 0 unspecified atom stereocenters. The molecular weight excluding hydrogens is 281 g/mol. The highest BCUT2D eigenvalue weighted by molar-refractivity contribution is 5.95. The summed E-state index contributed by atoms with van der Waals surface area (Å²) in [6, 6.07) is 15.1. The molecule has 1 aliphatic rings. The summed E-state index contributed by atoms with van der Waals surface area (Å²) in [7, 11) is 0. The van der Waals surface area contributed by atoms with Gasteiger partial charge in [0.1, 0.15) is 5.82 Å². The molecule has 2 atom stereocenters. The number of azide groups is 1. The predicted molar refractivity (Wildman–Crippen MR) is 83.2 cm³/mol. The molecule has 0 aromatic heterocycles. The van der Waals surface area contributed by atoms with Gasteiger partial charge in [-0.25, -0.2) is 4.39 Å². The minimum atomic E-state index is -0.892. The number of benzene rings is 2. The largest absolute Gasteiger partial charge is 0.388 e. The lowest BCUT2D eigenvalue weighted by Crippen LogP contribution is -2.19. The second kappa shape index (κ2) is 6.02. The summed E-state index contributed by atoms with van der Waals surface area (Å²) in [5, 5.41) is 14.2. The fraction of sp³-hybridized carbons (Fsp3) is 0.176. The van der Waals surface area contributed by atoms with E-state index in [1.165, 1.54) is 12.1 Å². The zero-order valence-electron chi connectivity index (χ0n) is 11.7. The monoisotopic (exact) mass is 295 g/mol. The van der Waals surface area contributed by atoms with Gasteiger partial charge in [0.15, 0.2) is 0 Å². The van der Waals surface area contributed by atoms with Crippen molar-refractivity contribution in [3.63, 3.8) is 0 Å². The maximum Gasteiger partial charge on any atom is 0.123 e. The van der Waals surface area contributed by atoms with Crippen LogP contribution < -0.4 is 0 Å². The van der Waals surface area contributed by atoms with Crippen molar-refractivity contribution in [1.82, 2.24) is 0 Å². The lowest BCUT2D eigenvalue weighted by Gasteiger charge is -2.13. The number of nitrogens with zero attached hydrogens (tertiary/aromatic N) is 3. The maximum absolute atomic E-state index is 13.1. The molecule has 22 heavy (non-hydrogen) atoms. The first-order valence-corrected chi connectivity index (χ1v) is 6.97. The van der Waals surface area contributed by atoms with Crippen LogP contribution in [0, 0.1) is 5.82 Å². The average molecular weight is 295 g/mol. The maximum atomic E-state index is 13.1. The van der Waals surface area contributed by atoms with Gasteiger partial charge in [-0.2, -0.15) is 0 Å².